The molecule has 1 saturated heterocycles. The molecule has 1 aliphatic heterocycles. The first-order valence-corrected chi connectivity index (χ1v) is 9.97. The Hall–Kier alpha value is -1.90. The molecule has 4 rings (SSSR count). The van der Waals surface area contributed by atoms with Crippen molar-refractivity contribution in [3.63, 3.8) is 0 Å². The third-order valence-corrected chi connectivity index (χ3v) is 6.82. The summed E-state index contributed by atoms with van der Waals surface area (Å²) in [5.74, 6) is 0. The molecule has 8 heteroatoms. The van der Waals surface area contributed by atoms with E-state index in [4.69, 9.17) is 0 Å². The van der Waals surface area contributed by atoms with E-state index in [-0.39, 0.29) is 10.9 Å². The zero-order valence-electron chi connectivity index (χ0n) is 12.9. The summed E-state index contributed by atoms with van der Waals surface area (Å²) >= 11 is 1.09. The molecule has 2 aromatic heterocycles. The molecule has 0 spiro atoms. The van der Waals surface area contributed by atoms with Crippen LogP contribution in [-0.4, -0.2) is 33.0 Å². The molecule has 0 unspecified atom stereocenters. The van der Waals surface area contributed by atoms with E-state index in [9.17, 15) is 8.42 Å². The van der Waals surface area contributed by atoms with Crippen LogP contribution in [0.25, 0.3) is 11.0 Å². The third-order valence-electron chi connectivity index (χ3n) is 4.35. The van der Waals surface area contributed by atoms with Crippen LogP contribution in [0.5, 0.6) is 0 Å². The van der Waals surface area contributed by atoms with E-state index in [1.54, 1.807) is 34.9 Å². The molecule has 124 valence electrons. The number of nitrogens with zero attached hydrogens (tertiary/aromatic N) is 4. The van der Waals surface area contributed by atoms with Crippen LogP contribution in [0.2, 0.25) is 0 Å². The number of hydrogen-bond acceptors (Lipinski definition) is 6. The van der Waals surface area contributed by atoms with Gasteiger partial charge in [-0.3, -0.25) is 4.98 Å². The lowest BCUT2D eigenvalue weighted by molar-refractivity contribution is 0.255. The van der Waals surface area contributed by atoms with E-state index in [0.29, 0.717) is 12.1 Å². The van der Waals surface area contributed by atoms with Crippen molar-refractivity contribution in [2.24, 2.45) is 0 Å². The van der Waals surface area contributed by atoms with E-state index in [1.807, 2.05) is 12.1 Å². The molecule has 0 saturated carbocycles. The van der Waals surface area contributed by atoms with E-state index in [0.717, 1.165) is 42.1 Å². The first kappa shape index (κ1) is 15.6. The summed E-state index contributed by atoms with van der Waals surface area (Å²) in [4.78, 5) is 4.42. The second-order valence-corrected chi connectivity index (χ2v) is 8.25. The molecule has 24 heavy (non-hydrogen) atoms. The van der Waals surface area contributed by atoms with Crippen LogP contribution in [0.15, 0.2) is 47.6 Å². The summed E-state index contributed by atoms with van der Waals surface area (Å²) in [7, 11) is -3.59. The fourth-order valence-corrected chi connectivity index (χ4v) is 5.38. The molecule has 6 nitrogen and oxygen atoms in total. The van der Waals surface area contributed by atoms with Gasteiger partial charge in [-0.25, -0.2) is 8.42 Å². The maximum absolute atomic E-state index is 13.2. The average molecular weight is 360 g/mol. The van der Waals surface area contributed by atoms with E-state index in [2.05, 4.69) is 13.7 Å². The van der Waals surface area contributed by atoms with Gasteiger partial charge in [-0.15, -0.1) is 0 Å². The summed E-state index contributed by atoms with van der Waals surface area (Å²) in [6, 6.07) is 8.58. The highest BCUT2D eigenvalue weighted by atomic mass is 32.2. The average Bonchev–Trinajstić information content (AvgIpc) is 3.10. The number of rotatable bonds is 3. The second-order valence-electron chi connectivity index (χ2n) is 5.83. The molecular weight excluding hydrogens is 344 g/mol. The van der Waals surface area contributed by atoms with Crippen molar-refractivity contribution in [3.8, 4) is 0 Å². The molecule has 3 aromatic rings. The van der Waals surface area contributed by atoms with Crippen LogP contribution in [0.3, 0.4) is 0 Å². The molecule has 1 aromatic carbocycles. The highest BCUT2D eigenvalue weighted by molar-refractivity contribution is 7.89. The van der Waals surface area contributed by atoms with Crippen molar-refractivity contribution in [2.45, 2.75) is 30.2 Å². The standard InChI is InChI=1S/C16H16N4O2S2/c21-24(22,13-6-7-14-15(10-13)19-23-18-14)20-9-2-1-5-16(20)12-4-3-8-17-11-12/h3-4,6-8,10-11,16H,1-2,5,9H2/t16-/m0/s1. The Morgan fingerprint density at radius 2 is 2.00 bits per heavy atom. The topological polar surface area (TPSA) is 76.1 Å². The lowest BCUT2D eigenvalue weighted by Crippen LogP contribution is -2.38. The van der Waals surface area contributed by atoms with Gasteiger partial charge in [0.1, 0.15) is 11.0 Å². The van der Waals surface area contributed by atoms with Gasteiger partial charge in [-0.05, 0) is 42.7 Å². The number of pyridine rings is 1. The Morgan fingerprint density at radius 1 is 1.12 bits per heavy atom. The largest absolute Gasteiger partial charge is 0.264 e. The third kappa shape index (κ3) is 2.70. The number of piperidine rings is 1. The molecule has 0 aliphatic carbocycles. The van der Waals surface area contributed by atoms with Crippen molar-refractivity contribution < 1.29 is 8.42 Å². The van der Waals surface area contributed by atoms with Crippen LogP contribution in [0.4, 0.5) is 0 Å². The van der Waals surface area contributed by atoms with Gasteiger partial charge >= 0.3 is 0 Å². The van der Waals surface area contributed by atoms with Crippen molar-refractivity contribution in [1.82, 2.24) is 18.0 Å². The van der Waals surface area contributed by atoms with Crippen LogP contribution < -0.4 is 0 Å². The molecule has 0 amide bonds. The summed E-state index contributed by atoms with van der Waals surface area (Å²) < 4.78 is 36.3. The highest BCUT2D eigenvalue weighted by Gasteiger charge is 2.34. The molecule has 3 heterocycles. The minimum Gasteiger partial charge on any atom is -0.264 e. The molecular formula is C16H16N4O2S2. The minimum atomic E-state index is -3.59. The molecule has 1 atom stereocenters. The summed E-state index contributed by atoms with van der Waals surface area (Å²) in [6.45, 7) is 0.523. The van der Waals surface area contributed by atoms with Gasteiger partial charge in [-0.1, -0.05) is 12.5 Å². The van der Waals surface area contributed by atoms with Gasteiger partial charge in [0, 0.05) is 18.9 Å². The lowest BCUT2D eigenvalue weighted by atomic mass is 9.99. The second kappa shape index (κ2) is 6.19. The van der Waals surface area contributed by atoms with Crippen LogP contribution in [0, 0.1) is 0 Å². The van der Waals surface area contributed by atoms with Gasteiger partial charge in [-0.2, -0.15) is 13.1 Å². The fourth-order valence-electron chi connectivity index (χ4n) is 3.16. The number of fused-ring (bicyclic) bond motifs is 1. The Kier molecular flexibility index (Phi) is 4.03. The molecule has 1 aliphatic rings. The number of benzene rings is 1. The Morgan fingerprint density at radius 3 is 2.83 bits per heavy atom. The summed E-state index contributed by atoms with van der Waals surface area (Å²) in [5.41, 5.74) is 2.29. The van der Waals surface area contributed by atoms with E-state index < -0.39 is 10.0 Å². The molecule has 1 fully saturated rings. The van der Waals surface area contributed by atoms with Crippen molar-refractivity contribution in [2.75, 3.05) is 6.54 Å². The first-order chi connectivity index (χ1) is 11.7. The van der Waals surface area contributed by atoms with Crippen LogP contribution >= 0.6 is 11.7 Å². The predicted octanol–water partition coefficient (Wildman–Crippen LogP) is 3.00. The molecule has 0 radical (unpaired) electrons. The quantitative estimate of drug-likeness (QED) is 0.718. The van der Waals surface area contributed by atoms with Crippen molar-refractivity contribution in [1.29, 1.82) is 0 Å². The van der Waals surface area contributed by atoms with Crippen LogP contribution in [-0.2, 0) is 10.0 Å². The van der Waals surface area contributed by atoms with Crippen molar-refractivity contribution >= 4 is 32.8 Å². The molecule has 0 bridgehead atoms. The number of aromatic nitrogens is 3. The van der Waals surface area contributed by atoms with Crippen molar-refractivity contribution in [3.05, 3.63) is 48.3 Å². The van der Waals surface area contributed by atoms with Gasteiger partial charge in [0.2, 0.25) is 10.0 Å². The zero-order chi connectivity index (χ0) is 16.6. The van der Waals surface area contributed by atoms with Gasteiger partial charge in [0.05, 0.1) is 22.7 Å². The predicted molar refractivity (Wildman–Crippen MR) is 92.1 cm³/mol. The smallest absolute Gasteiger partial charge is 0.243 e. The minimum absolute atomic E-state index is 0.165. The van der Waals surface area contributed by atoms with Gasteiger partial charge < -0.3 is 0 Å². The van der Waals surface area contributed by atoms with E-state index in [1.165, 1.54) is 0 Å². The fraction of sp³-hybridized carbons (Fsp3) is 0.312. The normalized spacial score (nSPS) is 19.6. The summed E-state index contributed by atoms with van der Waals surface area (Å²) in [6.07, 6.45) is 6.16. The van der Waals surface area contributed by atoms with Gasteiger partial charge in [0.25, 0.3) is 0 Å². The zero-order valence-corrected chi connectivity index (χ0v) is 14.5. The highest BCUT2D eigenvalue weighted by Crippen LogP contribution is 2.35. The Balaban J connectivity index is 1.75. The maximum Gasteiger partial charge on any atom is 0.243 e. The van der Waals surface area contributed by atoms with Crippen LogP contribution in [0.1, 0.15) is 30.9 Å². The Labute approximate surface area is 144 Å². The summed E-state index contributed by atoms with van der Waals surface area (Å²) in [5, 5.41) is 0. The monoisotopic (exact) mass is 360 g/mol. The Bertz CT molecular complexity index is 956. The molecule has 0 N–H and O–H groups in total. The lowest BCUT2D eigenvalue weighted by Gasteiger charge is -2.34. The number of hydrogen-bond donors (Lipinski definition) is 0. The maximum atomic E-state index is 13.2. The number of sulfonamides is 1. The van der Waals surface area contributed by atoms with E-state index >= 15 is 0 Å². The van der Waals surface area contributed by atoms with Gasteiger partial charge in [0.15, 0.2) is 0 Å². The SMILES string of the molecule is O=S(=O)(c1ccc2nsnc2c1)N1CCCC[C@H]1c1cccnc1. The first-order valence-electron chi connectivity index (χ1n) is 7.80.